The van der Waals surface area contributed by atoms with E-state index in [9.17, 15) is 0 Å². The quantitative estimate of drug-likeness (QED) is 0.688. The molecule has 1 rings (SSSR count). The third-order valence-corrected chi connectivity index (χ3v) is 2.87. The van der Waals surface area contributed by atoms with Gasteiger partial charge in [-0.15, -0.1) is 0 Å². The van der Waals surface area contributed by atoms with Gasteiger partial charge in [0, 0.05) is 31.9 Å². The lowest BCUT2D eigenvalue weighted by Crippen LogP contribution is -2.21. The highest BCUT2D eigenvalue weighted by Crippen LogP contribution is 2.08. The molecule has 0 radical (unpaired) electrons. The van der Waals surface area contributed by atoms with Crippen LogP contribution in [0, 0.1) is 5.92 Å². The van der Waals surface area contributed by atoms with E-state index in [1.54, 1.807) is 0 Å². The van der Waals surface area contributed by atoms with Gasteiger partial charge < -0.3 is 14.6 Å². The van der Waals surface area contributed by atoms with Gasteiger partial charge in [-0.2, -0.15) is 0 Å². The molecule has 0 atom stereocenters. The first-order chi connectivity index (χ1) is 8.61. The Labute approximate surface area is 111 Å². The van der Waals surface area contributed by atoms with E-state index in [0.29, 0.717) is 6.04 Å². The SMILES string of the molecule is CC(C)CCOCCNCc1cncn1C(C)C. The van der Waals surface area contributed by atoms with Crippen LogP contribution >= 0.6 is 0 Å². The molecule has 0 amide bonds. The molecule has 18 heavy (non-hydrogen) atoms. The molecule has 0 saturated heterocycles. The van der Waals surface area contributed by atoms with Crippen LogP contribution in [0.15, 0.2) is 12.5 Å². The van der Waals surface area contributed by atoms with Crippen molar-refractivity contribution in [3.8, 4) is 0 Å². The Balaban J connectivity index is 2.09. The highest BCUT2D eigenvalue weighted by Gasteiger charge is 2.04. The Kier molecular flexibility index (Phi) is 6.98. The van der Waals surface area contributed by atoms with Crippen molar-refractivity contribution in [2.45, 2.75) is 46.7 Å². The summed E-state index contributed by atoms with van der Waals surface area (Å²) in [6.45, 7) is 12.2. The molecule has 0 spiro atoms. The molecular formula is C14H27N3O. The van der Waals surface area contributed by atoms with E-state index >= 15 is 0 Å². The zero-order valence-corrected chi connectivity index (χ0v) is 12.1. The van der Waals surface area contributed by atoms with Crippen LogP contribution < -0.4 is 5.32 Å². The monoisotopic (exact) mass is 253 g/mol. The second-order valence-electron chi connectivity index (χ2n) is 5.36. The summed E-state index contributed by atoms with van der Waals surface area (Å²) in [4.78, 5) is 4.18. The molecule has 0 saturated carbocycles. The maximum Gasteiger partial charge on any atom is 0.0951 e. The largest absolute Gasteiger partial charge is 0.380 e. The number of ether oxygens (including phenoxy) is 1. The molecule has 1 aromatic heterocycles. The van der Waals surface area contributed by atoms with Crippen molar-refractivity contribution in [2.75, 3.05) is 19.8 Å². The van der Waals surface area contributed by atoms with Crippen LogP contribution in [0.5, 0.6) is 0 Å². The third-order valence-electron chi connectivity index (χ3n) is 2.87. The molecule has 0 aliphatic carbocycles. The standard InChI is InChI=1S/C14H27N3O/c1-12(2)5-7-18-8-6-15-9-14-10-16-11-17(14)13(3)4/h10-13,15H,5-9H2,1-4H3. The molecule has 1 N–H and O–H groups in total. The van der Waals surface area contributed by atoms with E-state index in [1.165, 1.54) is 5.69 Å². The second kappa shape index (κ2) is 8.27. The van der Waals surface area contributed by atoms with Gasteiger partial charge in [0.2, 0.25) is 0 Å². The van der Waals surface area contributed by atoms with E-state index < -0.39 is 0 Å². The van der Waals surface area contributed by atoms with Crippen molar-refractivity contribution in [1.29, 1.82) is 0 Å². The minimum absolute atomic E-state index is 0.464. The Bertz CT molecular complexity index is 321. The van der Waals surface area contributed by atoms with Crippen molar-refractivity contribution in [1.82, 2.24) is 14.9 Å². The molecule has 0 bridgehead atoms. The lowest BCUT2D eigenvalue weighted by Gasteiger charge is -2.12. The summed E-state index contributed by atoms with van der Waals surface area (Å²) in [6, 6.07) is 0.464. The molecule has 4 heteroatoms. The number of aromatic nitrogens is 2. The van der Waals surface area contributed by atoms with Gasteiger partial charge in [-0.3, -0.25) is 0 Å². The first kappa shape index (κ1) is 15.2. The summed E-state index contributed by atoms with van der Waals surface area (Å²) < 4.78 is 7.74. The van der Waals surface area contributed by atoms with E-state index in [-0.39, 0.29) is 0 Å². The second-order valence-corrected chi connectivity index (χ2v) is 5.36. The summed E-state index contributed by atoms with van der Waals surface area (Å²) in [6.07, 6.45) is 4.95. The highest BCUT2D eigenvalue weighted by atomic mass is 16.5. The lowest BCUT2D eigenvalue weighted by molar-refractivity contribution is 0.125. The number of hydrogen-bond acceptors (Lipinski definition) is 3. The molecule has 0 aliphatic rings. The van der Waals surface area contributed by atoms with Gasteiger partial charge in [0.1, 0.15) is 0 Å². The first-order valence-corrected chi connectivity index (χ1v) is 6.90. The number of nitrogens with one attached hydrogen (secondary N) is 1. The van der Waals surface area contributed by atoms with Crippen LogP contribution in [-0.2, 0) is 11.3 Å². The predicted molar refractivity (Wildman–Crippen MR) is 74.6 cm³/mol. The fraction of sp³-hybridized carbons (Fsp3) is 0.786. The molecule has 1 aromatic rings. The number of imidazole rings is 1. The van der Waals surface area contributed by atoms with Crippen molar-refractivity contribution in [3.63, 3.8) is 0 Å². The average molecular weight is 253 g/mol. The predicted octanol–water partition coefficient (Wildman–Crippen LogP) is 2.62. The zero-order chi connectivity index (χ0) is 13.4. The topological polar surface area (TPSA) is 39.1 Å². The maximum absolute atomic E-state index is 5.56. The Morgan fingerprint density at radius 1 is 1.28 bits per heavy atom. The minimum Gasteiger partial charge on any atom is -0.380 e. The summed E-state index contributed by atoms with van der Waals surface area (Å²) in [5.74, 6) is 0.721. The molecule has 4 nitrogen and oxygen atoms in total. The maximum atomic E-state index is 5.56. The van der Waals surface area contributed by atoms with Crippen LogP contribution in [0.1, 0.15) is 45.9 Å². The summed E-state index contributed by atoms with van der Waals surface area (Å²) in [5, 5.41) is 3.39. The fourth-order valence-corrected chi connectivity index (χ4v) is 1.72. The first-order valence-electron chi connectivity index (χ1n) is 6.90. The molecule has 0 aromatic carbocycles. The Hall–Kier alpha value is -0.870. The smallest absolute Gasteiger partial charge is 0.0951 e. The molecule has 1 heterocycles. The molecule has 0 fully saturated rings. The van der Waals surface area contributed by atoms with Gasteiger partial charge >= 0.3 is 0 Å². The van der Waals surface area contributed by atoms with Gasteiger partial charge in [-0.1, -0.05) is 13.8 Å². The van der Waals surface area contributed by atoms with Gasteiger partial charge in [-0.25, -0.2) is 4.98 Å². The summed E-state index contributed by atoms with van der Waals surface area (Å²) in [5.41, 5.74) is 1.23. The number of rotatable bonds is 9. The van der Waals surface area contributed by atoms with Crippen LogP contribution in [0.2, 0.25) is 0 Å². The van der Waals surface area contributed by atoms with Gasteiger partial charge in [0.25, 0.3) is 0 Å². The van der Waals surface area contributed by atoms with Gasteiger partial charge in [0.05, 0.1) is 18.6 Å². The van der Waals surface area contributed by atoms with Crippen molar-refractivity contribution >= 4 is 0 Å². The van der Waals surface area contributed by atoms with E-state index in [0.717, 1.165) is 38.6 Å². The van der Waals surface area contributed by atoms with Gasteiger partial charge in [-0.05, 0) is 26.2 Å². The van der Waals surface area contributed by atoms with E-state index in [4.69, 9.17) is 4.74 Å². The zero-order valence-electron chi connectivity index (χ0n) is 12.1. The normalized spacial score (nSPS) is 11.7. The molecule has 104 valence electrons. The molecule has 0 aliphatic heterocycles. The number of hydrogen-bond donors (Lipinski definition) is 1. The molecule has 0 unspecified atom stereocenters. The third kappa shape index (κ3) is 5.65. The van der Waals surface area contributed by atoms with Crippen molar-refractivity contribution < 1.29 is 4.74 Å². The van der Waals surface area contributed by atoms with Crippen LogP contribution in [-0.4, -0.2) is 29.3 Å². The van der Waals surface area contributed by atoms with Crippen LogP contribution in [0.25, 0.3) is 0 Å². The number of nitrogens with zero attached hydrogens (tertiary/aromatic N) is 2. The lowest BCUT2D eigenvalue weighted by atomic mass is 10.1. The van der Waals surface area contributed by atoms with Crippen molar-refractivity contribution in [2.24, 2.45) is 5.92 Å². The van der Waals surface area contributed by atoms with E-state index in [2.05, 4.69) is 42.6 Å². The average Bonchev–Trinajstić information content (AvgIpc) is 2.75. The summed E-state index contributed by atoms with van der Waals surface area (Å²) >= 11 is 0. The minimum atomic E-state index is 0.464. The Morgan fingerprint density at radius 2 is 2.06 bits per heavy atom. The fourth-order valence-electron chi connectivity index (χ4n) is 1.72. The highest BCUT2D eigenvalue weighted by molar-refractivity contribution is 4.99. The van der Waals surface area contributed by atoms with Gasteiger partial charge in [0.15, 0.2) is 0 Å². The molecular weight excluding hydrogens is 226 g/mol. The van der Waals surface area contributed by atoms with Crippen LogP contribution in [0.4, 0.5) is 0 Å². The summed E-state index contributed by atoms with van der Waals surface area (Å²) in [7, 11) is 0. The van der Waals surface area contributed by atoms with E-state index in [1.807, 2.05) is 12.5 Å². The van der Waals surface area contributed by atoms with Crippen LogP contribution in [0.3, 0.4) is 0 Å². The van der Waals surface area contributed by atoms with Crippen molar-refractivity contribution in [3.05, 3.63) is 18.2 Å². The Morgan fingerprint density at radius 3 is 2.72 bits per heavy atom.